The number of amides is 5. The summed E-state index contributed by atoms with van der Waals surface area (Å²) in [6.07, 6.45) is -2.64. The predicted molar refractivity (Wildman–Crippen MR) is 121 cm³/mol. The maximum atomic E-state index is 12.8. The minimum Gasteiger partial charge on any atom is -0.480 e. The highest BCUT2D eigenvalue weighted by Gasteiger charge is 2.32. The summed E-state index contributed by atoms with van der Waals surface area (Å²) in [6, 6.07) is -6.05. The fraction of sp³-hybridized carbons (Fsp3) is 0.611. The molecule has 5 amide bonds. The summed E-state index contributed by atoms with van der Waals surface area (Å²) in [5, 5.41) is 25.7. The lowest BCUT2D eigenvalue weighted by Crippen LogP contribution is -2.60. The number of nitrogens with one attached hydrogen (secondary N) is 3. The number of hydrogen-bond donors (Lipinski definition) is 10. The van der Waals surface area contributed by atoms with Crippen LogP contribution in [0.1, 0.15) is 32.6 Å². The summed E-state index contributed by atoms with van der Waals surface area (Å²) in [4.78, 5) is 74.7. The molecule has 17 heteroatoms. The van der Waals surface area contributed by atoms with Gasteiger partial charge in [0.2, 0.25) is 29.5 Å². The van der Waals surface area contributed by atoms with E-state index in [0.717, 1.165) is 0 Å². The molecule has 5 atom stereocenters. The highest BCUT2D eigenvalue weighted by molar-refractivity contribution is 5.95. The van der Waals surface area contributed by atoms with Gasteiger partial charge in [0.15, 0.2) is 5.96 Å². The third kappa shape index (κ3) is 12.7. The van der Waals surface area contributed by atoms with Gasteiger partial charge in [-0.3, -0.25) is 29.0 Å². The molecule has 0 radical (unpaired) electrons. The van der Waals surface area contributed by atoms with Gasteiger partial charge in [-0.25, -0.2) is 4.79 Å². The van der Waals surface area contributed by atoms with Crippen LogP contribution in [-0.4, -0.2) is 88.5 Å². The first kappa shape index (κ1) is 31.0. The molecule has 0 spiro atoms. The minimum atomic E-state index is -1.67. The SMILES string of the molecule is CC(O)C(NC(=O)C(N)CC(N)=O)C(=O)NC(CCCN=C(N)N)C(=O)NC(CC(N)=O)C(=O)O. The Kier molecular flexibility index (Phi) is 13.3. The Bertz CT molecular complexity index is 829. The van der Waals surface area contributed by atoms with Gasteiger partial charge in [-0.15, -0.1) is 0 Å². The van der Waals surface area contributed by atoms with Crippen LogP contribution in [0.4, 0.5) is 0 Å². The summed E-state index contributed by atoms with van der Waals surface area (Å²) >= 11 is 0. The van der Waals surface area contributed by atoms with Crippen LogP contribution >= 0.6 is 0 Å². The Labute approximate surface area is 200 Å². The van der Waals surface area contributed by atoms with Gasteiger partial charge in [0.05, 0.1) is 25.0 Å². The molecule has 0 aliphatic rings. The molecule has 0 aromatic heterocycles. The number of nitrogens with zero attached hydrogens (tertiary/aromatic N) is 1. The van der Waals surface area contributed by atoms with Gasteiger partial charge >= 0.3 is 5.97 Å². The van der Waals surface area contributed by atoms with Gasteiger partial charge < -0.3 is 54.8 Å². The Hall–Kier alpha value is -3.99. The number of primary amides is 2. The zero-order valence-electron chi connectivity index (χ0n) is 19.1. The molecule has 35 heavy (non-hydrogen) atoms. The van der Waals surface area contributed by atoms with E-state index in [0.29, 0.717) is 0 Å². The molecule has 15 N–H and O–H groups in total. The van der Waals surface area contributed by atoms with Crippen LogP contribution in [-0.2, 0) is 28.8 Å². The van der Waals surface area contributed by atoms with Crippen molar-refractivity contribution in [1.82, 2.24) is 16.0 Å². The van der Waals surface area contributed by atoms with E-state index in [-0.39, 0.29) is 25.3 Å². The largest absolute Gasteiger partial charge is 0.480 e. The number of carboxylic acid groups (broad SMARTS) is 1. The van der Waals surface area contributed by atoms with Gasteiger partial charge in [0, 0.05) is 6.54 Å². The van der Waals surface area contributed by atoms with Crippen molar-refractivity contribution in [3.8, 4) is 0 Å². The van der Waals surface area contributed by atoms with Crippen LogP contribution in [0.25, 0.3) is 0 Å². The lowest BCUT2D eigenvalue weighted by molar-refractivity contribution is -0.144. The normalized spacial score (nSPS) is 14.8. The van der Waals surface area contributed by atoms with Gasteiger partial charge in [0.1, 0.15) is 18.1 Å². The zero-order valence-corrected chi connectivity index (χ0v) is 19.1. The average Bonchev–Trinajstić information content (AvgIpc) is 2.71. The van der Waals surface area contributed by atoms with Crippen LogP contribution in [0.5, 0.6) is 0 Å². The fourth-order valence-electron chi connectivity index (χ4n) is 2.68. The van der Waals surface area contributed by atoms with Crippen molar-refractivity contribution in [3.05, 3.63) is 0 Å². The standard InChI is InChI=1S/C18H33N9O8/c1-7(28)13(27-14(31)8(19)5-11(20)29)16(33)25-9(3-2-4-24-18(22)23)15(32)26-10(17(34)35)6-12(21)30/h7-10,13,28H,2-6,19H2,1H3,(H2,20,29)(H2,21,30)(H,25,33)(H,26,32)(H,27,31)(H,34,35)(H4,22,23,24). The Balaban J connectivity index is 5.60. The Morgan fingerprint density at radius 1 is 0.829 bits per heavy atom. The molecule has 0 aliphatic heterocycles. The van der Waals surface area contributed by atoms with Crippen molar-refractivity contribution in [2.75, 3.05) is 6.54 Å². The molecular formula is C18H33N9O8. The van der Waals surface area contributed by atoms with E-state index in [9.17, 15) is 39.0 Å². The zero-order chi connectivity index (χ0) is 27.3. The van der Waals surface area contributed by atoms with Gasteiger partial charge in [-0.1, -0.05) is 0 Å². The number of carboxylic acids is 1. The first-order chi connectivity index (χ1) is 16.1. The molecule has 0 aliphatic carbocycles. The molecule has 198 valence electrons. The number of nitrogens with two attached hydrogens (primary N) is 5. The summed E-state index contributed by atoms with van der Waals surface area (Å²) in [5.74, 6) is -6.60. The van der Waals surface area contributed by atoms with E-state index >= 15 is 0 Å². The molecule has 0 rings (SSSR count). The maximum absolute atomic E-state index is 12.8. The number of aliphatic carboxylic acids is 1. The lowest BCUT2D eigenvalue weighted by Gasteiger charge is -2.26. The lowest BCUT2D eigenvalue weighted by atomic mass is 10.1. The molecular weight excluding hydrogens is 470 g/mol. The van der Waals surface area contributed by atoms with E-state index < -0.39 is 78.6 Å². The third-order valence-corrected chi connectivity index (χ3v) is 4.42. The van der Waals surface area contributed by atoms with Crippen molar-refractivity contribution in [1.29, 1.82) is 0 Å². The van der Waals surface area contributed by atoms with Crippen molar-refractivity contribution in [3.63, 3.8) is 0 Å². The number of guanidine groups is 1. The molecule has 0 fully saturated rings. The predicted octanol–water partition coefficient (Wildman–Crippen LogP) is -5.96. The molecule has 0 aromatic rings. The van der Waals surface area contributed by atoms with Gasteiger partial charge in [-0.05, 0) is 19.8 Å². The van der Waals surface area contributed by atoms with Crippen LogP contribution in [0.2, 0.25) is 0 Å². The highest BCUT2D eigenvalue weighted by Crippen LogP contribution is 2.04. The second-order valence-electron chi connectivity index (χ2n) is 7.58. The van der Waals surface area contributed by atoms with E-state index in [1.807, 2.05) is 0 Å². The maximum Gasteiger partial charge on any atom is 0.326 e. The first-order valence-corrected chi connectivity index (χ1v) is 10.3. The molecule has 0 bridgehead atoms. The van der Waals surface area contributed by atoms with E-state index in [2.05, 4.69) is 20.9 Å². The van der Waals surface area contributed by atoms with E-state index in [1.54, 1.807) is 0 Å². The van der Waals surface area contributed by atoms with Crippen LogP contribution in [0.3, 0.4) is 0 Å². The van der Waals surface area contributed by atoms with Gasteiger partial charge in [0.25, 0.3) is 0 Å². The topological polar surface area (TPSA) is 321 Å². The van der Waals surface area contributed by atoms with Crippen molar-refractivity contribution in [2.24, 2.45) is 33.7 Å². The number of aliphatic hydroxyl groups is 1. The Morgan fingerprint density at radius 2 is 1.37 bits per heavy atom. The fourth-order valence-corrected chi connectivity index (χ4v) is 2.68. The summed E-state index contributed by atoms with van der Waals surface area (Å²) in [5.41, 5.74) is 26.0. The quantitative estimate of drug-likeness (QED) is 0.0536. The molecule has 0 heterocycles. The second kappa shape index (κ2) is 15.0. The molecule has 17 nitrogen and oxygen atoms in total. The Morgan fingerprint density at radius 3 is 1.83 bits per heavy atom. The van der Waals surface area contributed by atoms with Gasteiger partial charge in [-0.2, -0.15) is 0 Å². The monoisotopic (exact) mass is 503 g/mol. The van der Waals surface area contributed by atoms with Crippen LogP contribution in [0, 0.1) is 0 Å². The number of carbonyl (C=O) groups excluding carboxylic acids is 5. The van der Waals surface area contributed by atoms with E-state index in [4.69, 9.17) is 28.7 Å². The highest BCUT2D eigenvalue weighted by atomic mass is 16.4. The number of aliphatic imine (C=N–C) groups is 1. The van der Waals surface area contributed by atoms with Crippen molar-refractivity contribution in [2.45, 2.75) is 62.9 Å². The molecule has 0 saturated carbocycles. The second-order valence-corrected chi connectivity index (χ2v) is 7.58. The van der Waals surface area contributed by atoms with Crippen molar-refractivity contribution >= 4 is 41.5 Å². The number of carbonyl (C=O) groups is 6. The first-order valence-electron chi connectivity index (χ1n) is 10.3. The molecule has 0 saturated heterocycles. The molecule has 5 unspecified atom stereocenters. The smallest absolute Gasteiger partial charge is 0.326 e. The third-order valence-electron chi connectivity index (χ3n) is 4.42. The summed E-state index contributed by atoms with van der Waals surface area (Å²) < 4.78 is 0. The summed E-state index contributed by atoms with van der Waals surface area (Å²) in [6.45, 7) is 1.23. The number of aliphatic hydroxyl groups excluding tert-OH is 1. The van der Waals surface area contributed by atoms with Crippen LogP contribution in [0.15, 0.2) is 4.99 Å². The minimum absolute atomic E-state index is 0.0597. The average molecular weight is 504 g/mol. The molecule has 0 aromatic carbocycles. The van der Waals surface area contributed by atoms with Crippen LogP contribution < -0.4 is 44.6 Å². The number of rotatable bonds is 16. The van der Waals surface area contributed by atoms with Crippen molar-refractivity contribution < 1.29 is 39.0 Å². The van der Waals surface area contributed by atoms with E-state index in [1.165, 1.54) is 6.92 Å². The summed E-state index contributed by atoms with van der Waals surface area (Å²) in [7, 11) is 0. The number of hydrogen-bond acceptors (Lipinski definition) is 9.